The van der Waals surface area contributed by atoms with Crippen molar-refractivity contribution in [2.24, 2.45) is 10.2 Å². The van der Waals surface area contributed by atoms with E-state index in [1.54, 1.807) is 60.7 Å². The zero-order valence-electron chi connectivity index (χ0n) is 53.8. The van der Waals surface area contributed by atoms with Crippen LogP contribution >= 0.6 is 0 Å². The van der Waals surface area contributed by atoms with Crippen LogP contribution in [0.5, 0.6) is 34.5 Å². The van der Waals surface area contributed by atoms with E-state index in [0.29, 0.717) is 99.1 Å². The average Bonchev–Trinajstić information content (AvgIpc) is 0.784. The van der Waals surface area contributed by atoms with Crippen molar-refractivity contribution in [3.63, 3.8) is 0 Å². The van der Waals surface area contributed by atoms with E-state index in [-0.39, 0.29) is 44.5 Å². The quantitative estimate of drug-likeness (QED) is 0.0789. The Kier molecular flexibility index (Phi) is 19.6. The van der Waals surface area contributed by atoms with Crippen LogP contribution in [0.1, 0.15) is 174 Å². The molecule has 7 aromatic carbocycles. The molecular weight excluding hydrogens is 1130 g/mol. The summed E-state index contributed by atoms with van der Waals surface area (Å²) >= 11 is 0. The lowest BCUT2D eigenvalue weighted by atomic mass is 9.79. The molecule has 5 aliphatic heterocycles. The SMILES string of the molecule is CC(C)(C)c1cc2c(O)c(c1)Cc1cc(C(C)(C)C)cc3c1OCCCOc1ccc(cc1)/C=N\NC(=O)C(=O)Nc1ccccc1NC(=O)C(=O)NN=Cc1ccc(cc1)OCCCOc1c(cc(C(C)(C)C)cc1Cc1cc(C(C)(C)C)cc(c1O)C3)C2. The maximum Gasteiger partial charge on any atom is 0.329 e. The van der Waals surface area contributed by atoms with Crippen LogP contribution in [0.15, 0.2) is 132 Å². The van der Waals surface area contributed by atoms with Gasteiger partial charge < -0.3 is 39.8 Å². The van der Waals surface area contributed by atoms with Gasteiger partial charge in [-0.2, -0.15) is 10.2 Å². The summed E-state index contributed by atoms with van der Waals surface area (Å²) in [6.45, 7) is 27.6. The van der Waals surface area contributed by atoms with E-state index in [9.17, 15) is 29.4 Å². The number of aromatic hydroxyl groups is 2. The Morgan fingerprint density at radius 3 is 0.933 bits per heavy atom. The molecular formula is C74H84N6O10. The number of ether oxygens (including phenoxy) is 4. The lowest BCUT2D eigenvalue weighted by Crippen LogP contribution is -2.34. The van der Waals surface area contributed by atoms with Gasteiger partial charge in [-0.1, -0.05) is 144 Å². The molecule has 470 valence electrons. The molecule has 0 aromatic heterocycles. The number of nitrogens with zero attached hydrogens (tertiary/aromatic N) is 2. The fourth-order valence-corrected chi connectivity index (χ4v) is 10.7. The van der Waals surface area contributed by atoms with Gasteiger partial charge in [-0.05, 0) is 160 Å². The Labute approximate surface area is 528 Å². The Morgan fingerprint density at radius 1 is 0.367 bits per heavy atom. The maximum absolute atomic E-state index is 13.0. The maximum atomic E-state index is 13.0. The first-order valence-corrected chi connectivity index (χ1v) is 30.7. The first-order chi connectivity index (χ1) is 42.6. The second-order valence-corrected chi connectivity index (χ2v) is 27.3. The fourth-order valence-electron chi connectivity index (χ4n) is 10.7. The van der Waals surface area contributed by atoms with Gasteiger partial charge in [0.1, 0.15) is 34.5 Å². The van der Waals surface area contributed by atoms with Crippen molar-refractivity contribution in [3.05, 3.63) is 199 Å². The number of para-hydroxylation sites is 2. The van der Waals surface area contributed by atoms with Crippen LogP contribution in [-0.4, -0.2) is 72.7 Å². The number of rotatable bonds is 0. The number of benzene rings is 7. The summed E-state index contributed by atoms with van der Waals surface area (Å²) in [6.07, 6.45) is 5.22. The molecule has 0 unspecified atom stereocenters. The summed E-state index contributed by atoms with van der Waals surface area (Å²) in [7, 11) is 0. The number of carbonyl (C=O) groups excluding carboxylic acids is 4. The molecule has 0 fully saturated rings. The number of anilines is 2. The van der Waals surface area contributed by atoms with Crippen molar-refractivity contribution in [2.75, 3.05) is 37.1 Å². The van der Waals surface area contributed by atoms with Crippen LogP contribution in [0, 0.1) is 0 Å². The molecule has 6 aliphatic rings. The van der Waals surface area contributed by atoms with Gasteiger partial charge in [0.2, 0.25) is 0 Å². The van der Waals surface area contributed by atoms with Gasteiger partial charge in [-0.3, -0.25) is 19.2 Å². The molecule has 13 rings (SSSR count). The number of fused-ring (bicyclic) bond motifs is 1. The van der Waals surface area contributed by atoms with Gasteiger partial charge >= 0.3 is 23.6 Å². The molecule has 0 saturated carbocycles. The number of phenolic OH excluding ortho intramolecular Hbond substituents is 2. The fraction of sp³-hybridized carbons (Fsp3) is 0.351. The monoisotopic (exact) mass is 1220 g/mol. The van der Waals surface area contributed by atoms with Crippen molar-refractivity contribution < 1.29 is 48.3 Å². The van der Waals surface area contributed by atoms with E-state index in [2.05, 4.69) is 163 Å². The van der Waals surface area contributed by atoms with E-state index in [1.165, 1.54) is 24.6 Å². The Morgan fingerprint density at radius 2 is 0.644 bits per heavy atom. The van der Waals surface area contributed by atoms with Crippen LogP contribution < -0.4 is 40.4 Å². The van der Waals surface area contributed by atoms with E-state index < -0.39 is 23.6 Å². The minimum atomic E-state index is -1.08. The van der Waals surface area contributed by atoms with Crippen LogP contribution in [0.4, 0.5) is 11.4 Å². The second-order valence-electron chi connectivity index (χ2n) is 27.3. The molecule has 16 heteroatoms. The van der Waals surface area contributed by atoms with Crippen molar-refractivity contribution in [1.29, 1.82) is 0 Å². The van der Waals surface area contributed by atoms with Crippen LogP contribution in [-0.2, 0) is 66.5 Å². The molecule has 1 aliphatic carbocycles. The molecule has 4 amide bonds. The van der Waals surface area contributed by atoms with Crippen molar-refractivity contribution in [3.8, 4) is 34.5 Å². The topological polar surface area (TPSA) is 218 Å². The predicted octanol–water partition coefficient (Wildman–Crippen LogP) is 13.2. The van der Waals surface area contributed by atoms with E-state index in [4.69, 9.17) is 18.9 Å². The highest BCUT2D eigenvalue weighted by Crippen LogP contribution is 2.44. The second kappa shape index (κ2) is 27.1. The number of nitrogens with one attached hydrogen (secondary N) is 4. The summed E-state index contributed by atoms with van der Waals surface area (Å²) in [5, 5.41) is 38.5. The van der Waals surface area contributed by atoms with Crippen LogP contribution in [0.3, 0.4) is 0 Å². The number of amides is 4. The number of hydrazone groups is 2. The van der Waals surface area contributed by atoms with E-state index in [1.807, 2.05) is 0 Å². The van der Waals surface area contributed by atoms with Gasteiger partial charge in [0.25, 0.3) is 0 Å². The van der Waals surface area contributed by atoms with Crippen molar-refractivity contribution in [2.45, 2.75) is 143 Å². The lowest BCUT2D eigenvalue weighted by Gasteiger charge is -2.28. The van der Waals surface area contributed by atoms with Crippen molar-refractivity contribution in [1.82, 2.24) is 10.9 Å². The highest BCUT2D eigenvalue weighted by atomic mass is 16.5. The highest BCUT2D eigenvalue weighted by Gasteiger charge is 2.29. The minimum absolute atomic E-state index is 0.0607. The molecule has 14 bridgehead atoms. The molecule has 0 atom stereocenters. The Balaban J connectivity index is 1.12. The third kappa shape index (κ3) is 16.4. The summed E-state index contributed by atoms with van der Waals surface area (Å²) < 4.78 is 26.4. The predicted molar refractivity (Wildman–Crippen MR) is 354 cm³/mol. The molecule has 90 heavy (non-hydrogen) atoms. The van der Waals surface area contributed by atoms with Gasteiger partial charge in [0.15, 0.2) is 0 Å². The van der Waals surface area contributed by atoms with Gasteiger partial charge in [-0.15, -0.1) is 0 Å². The number of hydrogen-bond acceptors (Lipinski definition) is 12. The number of phenols is 2. The highest BCUT2D eigenvalue weighted by molar-refractivity contribution is 6.41. The Hall–Kier alpha value is -9.44. The first kappa shape index (κ1) is 65.0. The molecule has 16 nitrogen and oxygen atoms in total. The molecule has 0 spiro atoms. The summed E-state index contributed by atoms with van der Waals surface area (Å²) in [6, 6.07) is 37.6. The molecule has 6 N–H and O–H groups in total. The van der Waals surface area contributed by atoms with Crippen molar-refractivity contribution >= 4 is 47.4 Å². The summed E-state index contributed by atoms with van der Waals surface area (Å²) in [5.74, 6) is -1.30. The summed E-state index contributed by atoms with van der Waals surface area (Å²) in [5.41, 5.74) is 15.7. The van der Waals surface area contributed by atoms with Crippen LogP contribution in [0.25, 0.3) is 0 Å². The third-order valence-corrected chi connectivity index (χ3v) is 16.0. The molecule has 5 heterocycles. The van der Waals surface area contributed by atoms with Crippen LogP contribution in [0.2, 0.25) is 0 Å². The molecule has 7 aromatic rings. The van der Waals surface area contributed by atoms with E-state index >= 15 is 0 Å². The largest absolute Gasteiger partial charge is 0.507 e. The standard InChI is InChI=1S/C74H84N6O10/c1-71(2,3)55-35-47-31-51-39-57(73(7,8)9)41-53-33-49-37-56(72(4,5)6)38-50(64(49)82)34-54-42-58(74(10,11)12)40-52(32-48(36-55)63(47)81)66(54)90-30-16-28-88-60-25-21-46(22-26-60)44-76-80-70(86)68(84)78-62-18-14-13-17-61(62)77-67(83)69(85)79-75-43-45-19-23-59(24-20-45)87-27-15-29-89-65(51)53/h13-14,17-26,35-44,81-82H,15-16,27-34H2,1-12H3,(H,77,83)(H,78,84)(H,79,85)(H,80,86)/b75-43-,76-44?. The van der Waals surface area contributed by atoms with Gasteiger partial charge in [0, 0.05) is 38.5 Å². The first-order valence-electron chi connectivity index (χ1n) is 30.7. The zero-order valence-corrected chi connectivity index (χ0v) is 53.8. The molecule has 0 saturated heterocycles. The molecule has 0 radical (unpaired) electrons. The third-order valence-electron chi connectivity index (χ3n) is 16.0. The number of hydrogen-bond donors (Lipinski definition) is 6. The van der Waals surface area contributed by atoms with Gasteiger partial charge in [0.05, 0.1) is 50.2 Å². The van der Waals surface area contributed by atoms with E-state index in [0.717, 1.165) is 66.8 Å². The average molecular weight is 1220 g/mol. The summed E-state index contributed by atoms with van der Waals surface area (Å²) in [4.78, 5) is 51.6. The smallest absolute Gasteiger partial charge is 0.329 e. The van der Waals surface area contributed by atoms with Gasteiger partial charge in [-0.25, -0.2) is 10.9 Å². The lowest BCUT2D eigenvalue weighted by molar-refractivity contribution is -0.136. The Bertz CT molecular complexity index is 3530. The minimum Gasteiger partial charge on any atom is -0.507 e. The normalized spacial score (nSPS) is 15.6. The number of carbonyl (C=O) groups is 4. The zero-order chi connectivity index (χ0) is 64.7.